The third-order valence-corrected chi connectivity index (χ3v) is 10.4. The van der Waals surface area contributed by atoms with Gasteiger partial charge in [-0.1, -0.05) is 42.5 Å². The lowest BCUT2D eigenvalue weighted by Gasteiger charge is -2.10. The van der Waals surface area contributed by atoms with Gasteiger partial charge in [0.15, 0.2) is 5.65 Å². The lowest BCUT2D eigenvalue weighted by Crippen LogP contribution is -2.22. The SMILES string of the molecule is CCNC(=O)c1ccc(Nc2nc3ccc(-c4ccc(NC(=O)Cc5ccc(F)cc5)cc4)cn3n2)c(OC)c1.COc1c/c(=C2\C=c3ccccc3=N2)[nH]/c1=C/c1[nH]c(C)cc1C. The van der Waals surface area contributed by atoms with E-state index >= 15 is 0 Å². The maximum atomic E-state index is 13.1. The number of nitrogens with zero attached hydrogens (tertiary/aromatic N) is 4. The molecule has 64 heavy (non-hydrogen) atoms. The number of H-pyrrole nitrogens is 2. The third-order valence-electron chi connectivity index (χ3n) is 10.4. The lowest BCUT2D eigenvalue weighted by atomic mass is 10.1. The number of anilines is 3. The Morgan fingerprint density at radius 2 is 1.61 bits per heavy atom. The van der Waals surface area contributed by atoms with E-state index in [0.717, 1.165) is 60.8 Å². The average molecular weight is 856 g/mol. The summed E-state index contributed by atoms with van der Waals surface area (Å²) < 4.78 is 25.7. The Hall–Kier alpha value is -8.26. The molecule has 2 amide bonds. The van der Waals surface area contributed by atoms with Gasteiger partial charge in [-0.05, 0) is 116 Å². The molecule has 9 rings (SSSR count). The molecule has 322 valence electrons. The third kappa shape index (κ3) is 9.76. The Kier molecular flexibility index (Phi) is 12.5. The molecule has 0 saturated heterocycles. The van der Waals surface area contributed by atoms with Crippen LogP contribution in [0, 0.1) is 19.7 Å². The van der Waals surface area contributed by atoms with Gasteiger partial charge in [0.25, 0.3) is 5.91 Å². The van der Waals surface area contributed by atoms with Gasteiger partial charge in [-0.2, -0.15) is 4.98 Å². The number of aromatic amines is 2. The fraction of sp³-hybridized carbons (Fsp3) is 0.140. The first-order valence-electron chi connectivity index (χ1n) is 20.6. The van der Waals surface area contributed by atoms with Crippen LogP contribution in [0.3, 0.4) is 0 Å². The van der Waals surface area contributed by atoms with E-state index < -0.39 is 0 Å². The normalized spacial score (nSPS) is 12.7. The summed E-state index contributed by atoms with van der Waals surface area (Å²) in [5.74, 6) is 0.989. The first-order chi connectivity index (χ1) is 31.0. The molecule has 4 aromatic carbocycles. The van der Waals surface area contributed by atoms with Crippen molar-refractivity contribution in [1.82, 2.24) is 29.9 Å². The first-order valence-corrected chi connectivity index (χ1v) is 20.6. The minimum absolute atomic E-state index is 0.158. The molecule has 0 fully saturated rings. The molecule has 4 aromatic heterocycles. The summed E-state index contributed by atoms with van der Waals surface area (Å²) in [5, 5.41) is 17.4. The number of carbonyl (C=O) groups is 2. The zero-order valence-electron chi connectivity index (χ0n) is 35.9. The molecule has 0 unspecified atom stereocenters. The van der Waals surface area contributed by atoms with Gasteiger partial charge in [0.2, 0.25) is 11.9 Å². The van der Waals surface area contributed by atoms with Gasteiger partial charge in [0, 0.05) is 52.2 Å². The molecule has 0 atom stereocenters. The number of para-hydroxylation sites is 1. The second kappa shape index (κ2) is 18.8. The van der Waals surface area contributed by atoms with Crippen molar-refractivity contribution in [2.75, 3.05) is 31.4 Å². The Bertz CT molecular complexity index is 3220. The van der Waals surface area contributed by atoms with Crippen molar-refractivity contribution in [2.45, 2.75) is 27.2 Å². The minimum Gasteiger partial charge on any atom is -0.495 e. The van der Waals surface area contributed by atoms with Gasteiger partial charge in [0.05, 0.1) is 48.1 Å². The van der Waals surface area contributed by atoms with E-state index in [4.69, 9.17) is 14.5 Å². The quantitative estimate of drug-likeness (QED) is 0.103. The average Bonchev–Trinajstić information content (AvgIpc) is 4.09. The highest BCUT2D eigenvalue weighted by Gasteiger charge is 2.13. The van der Waals surface area contributed by atoms with Gasteiger partial charge in [-0.25, -0.2) is 13.9 Å². The number of carbonyl (C=O) groups excluding carboxylic acids is 2. The maximum Gasteiger partial charge on any atom is 0.251 e. The molecule has 1 aliphatic rings. The standard InChI is InChI=1S/C30H27FN6O3.C20H19N3O/c1-3-32-29(39)21-8-14-25(26(17-21)40-2)34-30-35-27-15-9-22(18-37(27)36-30)20-6-12-24(13-7-20)33-28(38)16-19-4-10-23(31)11-5-19;1-12-8-13(2)21-16(12)10-19-20(24-3)11-18(23-19)17-9-14-6-4-5-7-15(14)22-17/h4-15,17-18H,3,16H2,1-2H3,(H,32,39)(H,33,38)(H,34,36);4-11,21,23H,1-3H3/b;18-17-,19-10+. The number of nitrogens with one attached hydrogen (secondary N) is 5. The summed E-state index contributed by atoms with van der Waals surface area (Å²) in [6.07, 6.45) is 6.19. The zero-order chi connectivity index (χ0) is 44.7. The second-order valence-electron chi connectivity index (χ2n) is 15.0. The van der Waals surface area contributed by atoms with Crippen molar-refractivity contribution in [3.8, 4) is 22.6 Å². The van der Waals surface area contributed by atoms with Crippen LogP contribution in [0.25, 0.3) is 34.6 Å². The number of ether oxygens (including phenoxy) is 2. The number of aromatic nitrogens is 5. The van der Waals surface area contributed by atoms with Crippen molar-refractivity contribution in [2.24, 2.45) is 4.99 Å². The number of pyridine rings is 1. The molecule has 14 heteroatoms. The predicted molar refractivity (Wildman–Crippen MR) is 247 cm³/mol. The molecule has 1 aliphatic heterocycles. The van der Waals surface area contributed by atoms with Crippen LogP contribution in [0.1, 0.15) is 39.8 Å². The molecule has 5 heterocycles. The molecular weight excluding hydrogens is 810 g/mol. The van der Waals surface area contributed by atoms with Crippen LogP contribution in [-0.4, -0.2) is 57.1 Å². The molecule has 0 aliphatic carbocycles. The maximum absolute atomic E-state index is 13.1. The van der Waals surface area contributed by atoms with E-state index in [1.54, 1.807) is 42.0 Å². The van der Waals surface area contributed by atoms with Crippen molar-refractivity contribution in [1.29, 1.82) is 0 Å². The number of fused-ring (bicyclic) bond motifs is 2. The number of methoxy groups -OCH3 is 2. The number of amides is 2. The number of hydrogen-bond acceptors (Lipinski definition) is 8. The van der Waals surface area contributed by atoms with Crippen LogP contribution >= 0.6 is 0 Å². The largest absolute Gasteiger partial charge is 0.495 e. The smallest absolute Gasteiger partial charge is 0.251 e. The van der Waals surface area contributed by atoms with Crippen LogP contribution in [0.15, 0.2) is 126 Å². The van der Waals surface area contributed by atoms with E-state index in [1.165, 1.54) is 24.8 Å². The van der Waals surface area contributed by atoms with Crippen molar-refractivity contribution in [3.63, 3.8) is 0 Å². The van der Waals surface area contributed by atoms with E-state index in [2.05, 4.69) is 74.1 Å². The molecule has 0 spiro atoms. The highest BCUT2D eigenvalue weighted by atomic mass is 19.1. The van der Waals surface area contributed by atoms with Gasteiger partial charge in [-0.15, -0.1) is 5.10 Å². The zero-order valence-corrected chi connectivity index (χ0v) is 35.9. The summed E-state index contributed by atoms with van der Waals surface area (Å²) in [5.41, 5.74) is 9.39. The number of aryl methyl sites for hydroxylation is 2. The minimum atomic E-state index is -0.333. The second-order valence-corrected chi connectivity index (χ2v) is 15.0. The topological polar surface area (TPSA) is 163 Å². The predicted octanol–water partition coefficient (Wildman–Crippen LogP) is 6.24. The van der Waals surface area contributed by atoms with Crippen LogP contribution in [0.5, 0.6) is 11.5 Å². The summed E-state index contributed by atoms with van der Waals surface area (Å²) >= 11 is 0. The Labute approximate surface area is 367 Å². The van der Waals surface area contributed by atoms with Gasteiger partial charge < -0.3 is 35.4 Å². The summed E-state index contributed by atoms with van der Waals surface area (Å²) in [4.78, 5) is 40.5. The Morgan fingerprint density at radius 1 is 0.844 bits per heavy atom. The van der Waals surface area contributed by atoms with E-state index in [0.29, 0.717) is 40.8 Å². The van der Waals surface area contributed by atoms with E-state index in [9.17, 15) is 14.0 Å². The van der Waals surface area contributed by atoms with Gasteiger partial charge >= 0.3 is 0 Å². The molecule has 0 saturated carbocycles. The van der Waals surface area contributed by atoms with Gasteiger partial charge in [0.1, 0.15) is 17.3 Å². The molecule has 0 radical (unpaired) electrons. The lowest BCUT2D eigenvalue weighted by molar-refractivity contribution is -0.115. The van der Waals surface area contributed by atoms with Gasteiger partial charge in [-0.3, -0.25) is 9.59 Å². The van der Waals surface area contributed by atoms with Crippen LogP contribution in [-0.2, 0) is 11.2 Å². The van der Waals surface area contributed by atoms with E-state index in [1.807, 2.05) is 73.8 Å². The molecule has 5 N–H and O–H groups in total. The molecular formula is C50H46FN9O4. The number of benzene rings is 4. The fourth-order valence-electron chi connectivity index (χ4n) is 7.23. The van der Waals surface area contributed by atoms with Crippen molar-refractivity contribution in [3.05, 3.63) is 177 Å². The highest BCUT2D eigenvalue weighted by molar-refractivity contribution is 5.95. The molecule has 0 bridgehead atoms. The summed E-state index contributed by atoms with van der Waals surface area (Å²) in [7, 11) is 3.22. The first kappa shape index (κ1) is 42.4. The Morgan fingerprint density at radius 3 is 2.33 bits per heavy atom. The van der Waals surface area contributed by atoms with E-state index in [-0.39, 0.29) is 24.1 Å². The Balaban J connectivity index is 0.000000198. The summed E-state index contributed by atoms with van der Waals surface area (Å²) in [6, 6.07) is 34.5. The van der Waals surface area contributed by atoms with Crippen LogP contribution in [0.4, 0.5) is 21.7 Å². The highest BCUT2D eigenvalue weighted by Crippen LogP contribution is 2.29. The monoisotopic (exact) mass is 855 g/mol. The number of hydrogen-bond donors (Lipinski definition) is 5. The molecule has 13 nitrogen and oxygen atoms in total. The summed E-state index contributed by atoms with van der Waals surface area (Å²) in [6.45, 7) is 6.55. The molecule has 8 aromatic rings. The van der Waals surface area contributed by atoms with Crippen LogP contribution < -0.4 is 46.7 Å². The number of halogens is 1. The van der Waals surface area contributed by atoms with Crippen molar-refractivity contribution >= 4 is 52.6 Å². The van der Waals surface area contributed by atoms with Crippen LogP contribution in [0.2, 0.25) is 0 Å². The fourth-order valence-corrected chi connectivity index (χ4v) is 7.23. The number of rotatable bonds is 11. The van der Waals surface area contributed by atoms with Crippen molar-refractivity contribution < 1.29 is 23.5 Å².